The summed E-state index contributed by atoms with van der Waals surface area (Å²) in [6, 6.07) is 12.9. The predicted molar refractivity (Wildman–Crippen MR) is 126 cm³/mol. The summed E-state index contributed by atoms with van der Waals surface area (Å²) in [7, 11) is 0. The van der Waals surface area contributed by atoms with Gasteiger partial charge in [-0.15, -0.1) is 0 Å². The molecule has 2 heterocycles. The first-order chi connectivity index (χ1) is 16.1. The van der Waals surface area contributed by atoms with Crippen LogP contribution in [-0.4, -0.2) is 47.8 Å². The number of aryl methyl sites for hydroxylation is 2. The van der Waals surface area contributed by atoms with Crippen molar-refractivity contribution in [3.63, 3.8) is 0 Å². The number of carbonyl (C=O) groups excluding carboxylic acids is 1. The molecule has 1 saturated carbocycles. The van der Waals surface area contributed by atoms with Crippen molar-refractivity contribution in [2.45, 2.75) is 62.8 Å². The fourth-order valence-corrected chi connectivity index (χ4v) is 4.40. The lowest BCUT2D eigenvalue weighted by atomic mass is 9.94. The number of aromatic nitrogens is 1. The molecule has 1 atom stereocenters. The number of benzene rings is 1. The van der Waals surface area contributed by atoms with E-state index in [9.17, 15) is 14.7 Å². The molecular formula is C26H33N3O4. The summed E-state index contributed by atoms with van der Waals surface area (Å²) in [6.45, 7) is 1.86. The zero-order valence-electron chi connectivity index (χ0n) is 19.0. The molecule has 33 heavy (non-hydrogen) atoms. The van der Waals surface area contributed by atoms with Gasteiger partial charge in [-0.05, 0) is 62.1 Å². The Morgan fingerprint density at radius 1 is 1.12 bits per heavy atom. The Hall–Kier alpha value is -2.93. The molecule has 1 aromatic heterocycles. The molecule has 2 aromatic rings. The molecule has 1 aromatic carbocycles. The van der Waals surface area contributed by atoms with Crippen LogP contribution in [0.2, 0.25) is 0 Å². The number of aliphatic carboxylic acids is 1. The monoisotopic (exact) mass is 451 g/mol. The molecule has 0 saturated heterocycles. The molecule has 4 rings (SSSR count). The molecule has 0 spiro atoms. The van der Waals surface area contributed by atoms with Crippen LogP contribution in [0.4, 0.5) is 5.82 Å². The number of amides is 1. The highest BCUT2D eigenvalue weighted by Gasteiger charge is 2.51. The highest BCUT2D eigenvalue weighted by atomic mass is 16.5. The van der Waals surface area contributed by atoms with Gasteiger partial charge in [-0.1, -0.05) is 36.4 Å². The van der Waals surface area contributed by atoms with E-state index in [4.69, 9.17) is 9.72 Å². The number of anilines is 1. The maximum Gasteiger partial charge on any atom is 0.326 e. The molecule has 1 aliphatic heterocycles. The second-order valence-electron chi connectivity index (χ2n) is 9.01. The quantitative estimate of drug-likeness (QED) is 0.427. The van der Waals surface area contributed by atoms with E-state index in [0.717, 1.165) is 68.6 Å². The summed E-state index contributed by atoms with van der Waals surface area (Å²) in [5, 5.41) is 15.6. The number of rotatable bonds is 12. The normalized spacial score (nSPS) is 16.8. The van der Waals surface area contributed by atoms with E-state index < -0.39 is 17.4 Å². The Bertz CT molecular complexity index is 959. The van der Waals surface area contributed by atoms with Crippen molar-refractivity contribution in [3.05, 3.63) is 59.3 Å². The topological polar surface area (TPSA) is 101 Å². The number of fused-ring (bicyclic) bond motifs is 1. The Morgan fingerprint density at radius 2 is 1.94 bits per heavy atom. The van der Waals surface area contributed by atoms with Gasteiger partial charge in [0.2, 0.25) is 5.91 Å². The number of hydrogen-bond acceptors (Lipinski definition) is 5. The Kier molecular flexibility index (Phi) is 7.60. The number of unbranched alkanes of at least 4 members (excludes halogenated alkanes) is 1. The molecule has 1 fully saturated rings. The standard InChI is InChI=1S/C26H33N3O4/c30-24(31)22(29-25(32)26(14-15-26)20-8-2-1-3-9-20)13-18-33-17-5-4-10-21-12-11-19-7-6-16-27-23(19)28-21/h1-3,8-9,11-12,22H,4-7,10,13-18H2,(H,27,28)(H,29,32)(H,30,31). The second kappa shape index (κ2) is 10.8. The zero-order chi connectivity index (χ0) is 23.1. The first-order valence-corrected chi connectivity index (χ1v) is 12.0. The lowest BCUT2D eigenvalue weighted by molar-refractivity contribution is -0.142. The lowest BCUT2D eigenvalue weighted by Crippen LogP contribution is -2.46. The molecule has 3 N–H and O–H groups in total. The van der Waals surface area contributed by atoms with Crippen molar-refractivity contribution < 1.29 is 19.4 Å². The van der Waals surface area contributed by atoms with E-state index in [-0.39, 0.29) is 12.3 Å². The second-order valence-corrected chi connectivity index (χ2v) is 9.01. The van der Waals surface area contributed by atoms with Crippen LogP contribution >= 0.6 is 0 Å². The van der Waals surface area contributed by atoms with Crippen LogP contribution < -0.4 is 10.6 Å². The van der Waals surface area contributed by atoms with Gasteiger partial charge in [-0.3, -0.25) is 4.79 Å². The van der Waals surface area contributed by atoms with E-state index in [1.807, 2.05) is 30.3 Å². The van der Waals surface area contributed by atoms with Gasteiger partial charge >= 0.3 is 5.97 Å². The van der Waals surface area contributed by atoms with Gasteiger partial charge in [0, 0.05) is 31.9 Å². The average molecular weight is 452 g/mol. The van der Waals surface area contributed by atoms with Crippen molar-refractivity contribution in [1.82, 2.24) is 10.3 Å². The molecular weight excluding hydrogens is 418 g/mol. The number of hydrogen-bond donors (Lipinski definition) is 3. The molecule has 7 heteroatoms. The number of ether oxygens (including phenoxy) is 1. The first-order valence-electron chi connectivity index (χ1n) is 12.0. The predicted octanol–water partition coefficient (Wildman–Crippen LogP) is 3.47. The first kappa shape index (κ1) is 23.2. The van der Waals surface area contributed by atoms with Crippen LogP contribution in [0, 0.1) is 0 Å². The van der Waals surface area contributed by atoms with Crippen molar-refractivity contribution in [1.29, 1.82) is 0 Å². The molecule has 1 amide bonds. The molecule has 0 bridgehead atoms. The number of carbonyl (C=O) groups is 2. The Morgan fingerprint density at radius 3 is 2.70 bits per heavy atom. The summed E-state index contributed by atoms with van der Waals surface area (Å²) >= 11 is 0. The minimum atomic E-state index is -1.03. The largest absolute Gasteiger partial charge is 0.480 e. The highest BCUT2D eigenvalue weighted by Crippen LogP contribution is 2.48. The maximum absolute atomic E-state index is 12.8. The average Bonchev–Trinajstić information content (AvgIpc) is 3.65. The van der Waals surface area contributed by atoms with Gasteiger partial charge in [0.05, 0.1) is 5.41 Å². The summed E-state index contributed by atoms with van der Waals surface area (Å²) < 4.78 is 5.66. The Balaban J connectivity index is 1.15. The van der Waals surface area contributed by atoms with Crippen molar-refractivity contribution in [2.75, 3.05) is 25.1 Å². The fraction of sp³-hybridized carbons (Fsp3) is 0.500. The summed E-state index contributed by atoms with van der Waals surface area (Å²) in [6.07, 6.45) is 6.75. The number of nitrogens with one attached hydrogen (secondary N) is 2. The third kappa shape index (κ3) is 5.90. The maximum atomic E-state index is 12.8. The van der Waals surface area contributed by atoms with Crippen LogP contribution in [0.15, 0.2) is 42.5 Å². The third-order valence-corrected chi connectivity index (χ3v) is 6.59. The minimum absolute atomic E-state index is 0.201. The number of pyridine rings is 1. The van der Waals surface area contributed by atoms with E-state index in [1.165, 1.54) is 5.56 Å². The minimum Gasteiger partial charge on any atom is -0.480 e. The van der Waals surface area contributed by atoms with E-state index in [2.05, 4.69) is 22.8 Å². The van der Waals surface area contributed by atoms with E-state index in [1.54, 1.807) is 0 Å². The van der Waals surface area contributed by atoms with Crippen LogP contribution in [0.1, 0.15) is 55.3 Å². The van der Waals surface area contributed by atoms with Gasteiger partial charge in [0.15, 0.2) is 0 Å². The molecule has 2 aliphatic rings. The van der Waals surface area contributed by atoms with Crippen molar-refractivity contribution in [3.8, 4) is 0 Å². The summed E-state index contributed by atoms with van der Waals surface area (Å²) in [5.41, 5.74) is 2.76. The van der Waals surface area contributed by atoms with Crippen molar-refractivity contribution in [2.24, 2.45) is 0 Å². The van der Waals surface area contributed by atoms with E-state index in [0.29, 0.717) is 13.2 Å². The van der Waals surface area contributed by atoms with Crippen LogP contribution in [-0.2, 0) is 32.6 Å². The summed E-state index contributed by atoms with van der Waals surface area (Å²) in [5.74, 6) is -0.201. The number of carboxylic acids is 1. The van der Waals surface area contributed by atoms with Gasteiger partial charge in [-0.2, -0.15) is 0 Å². The third-order valence-electron chi connectivity index (χ3n) is 6.59. The SMILES string of the molecule is O=C(O)C(CCOCCCCc1ccc2c(n1)NCCC2)NC(=O)C1(c2ccccc2)CC1. The molecule has 176 valence electrons. The zero-order valence-corrected chi connectivity index (χ0v) is 19.0. The van der Waals surface area contributed by atoms with Crippen molar-refractivity contribution >= 4 is 17.7 Å². The summed E-state index contributed by atoms with van der Waals surface area (Å²) in [4.78, 5) is 29.2. The Labute approximate surface area is 195 Å². The van der Waals surface area contributed by atoms with E-state index >= 15 is 0 Å². The van der Waals surface area contributed by atoms with Gasteiger partial charge in [0.25, 0.3) is 0 Å². The fourth-order valence-electron chi connectivity index (χ4n) is 4.40. The molecule has 0 radical (unpaired) electrons. The van der Waals surface area contributed by atoms with Gasteiger partial charge in [-0.25, -0.2) is 9.78 Å². The molecule has 1 unspecified atom stereocenters. The van der Waals surface area contributed by atoms with Gasteiger partial charge in [0.1, 0.15) is 11.9 Å². The lowest BCUT2D eigenvalue weighted by Gasteiger charge is -2.20. The molecule has 1 aliphatic carbocycles. The smallest absolute Gasteiger partial charge is 0.326 e. The molecule has 7 nitrogen and oxygen atoms in total. The highest BCUT2D eigenvalue weighted by molar-refractivity contribution is 5.93. The van der Waals surface area contributed by atoms with Crippen LogP contribution in [0.25, 0.3) is 0 Å². The van der Waals surface area contributed by atoms with Gasteiger partial charge < -0.3 is 20.5 Å². The number of nitrogens with zero attached hydrogens (tertiary/aromatic N) is 1. The number of carboxylic acid groups (broad SMARTS) is 1. The van der Waals surface area contributed by atoms with Crippen LogP contribution in [0.3, 0.4) is 0 Å². The van der Waals surface area contributed by atoms with Crippen LogP contribution in [0.5, 0.6) is 0 Å².